The smallest absolute Gasteiger partial charge is 0.335 e. The number of hydrogen-bond donors (Lipinski definition) is 0. The van der Waals surface area contributed by atoms with E-state index in [9.17, 15) is 22.8 Å². The maximum absolute atomic E-state index is 13.1. The standard InChI is InChI=1S/C19H21ClF3N5O2/c1-3-27(15-11-28(25-16(15)20)14-5-4-8-24-10-14)17(29)12-6-7-13(9-12)26(2)18(30)19(21,22)23/h4-5,8,10-13H,3,6-7,9H2,1-2H3/t12-,13+/m0/s1. The second-order valence-electron chi connectivity index (χ2n) is 7.12. The van der Waals surface area contributed by atoms with Gasteiger partial charge in [-0.15, -0.1) is 0 Å². The summed E-state index contributed by atoms with van der Waals surface area (Å²) in [5, 5.41) is 4.35. The van der Waals surface area contributed by atoms with E-state index in [1.165, 1.54) is 9.58 Å². The third-order valence-electron chi connectivity index (χ3n) is 5.30. The summed E-state index contributed by atoms with van der Waals surface area (Å²) in [6, 6.07) is 2.89. The number of hydrogen-bond acceptors (Lipinski definition) is 4. The van der Waals surface area contributed by atoms with E-state index in [0.717, 1.165) is 7.05 Å². The Bertz CT molecular complexity index is 919. The molecule has 2 heterocycles. The summed E-state index contributed by atoms with van der Waals surface area (Å²) in [6.45, 7) is 2.09. The molecule has 0 saturated heterocycles. The van der Waals surface area contributed by atoms with E-state index < -0.39 is 24.0 Å². The zero-order valence-corrected chi connectivity index (χ0v) is 17.2. The van der Waals surface area contributed by atoms with Crippen molar-refractivity contribution in [2.75, 3.05) is 18.5 Å². The van der Waals surface area contributed by atoms with Crippen LogP contribution >= 0.6 is 11.6 Å². The largest absolute Gasteiger partial charge is 0.471 e. The SMILES string of the molecule is CCN(C(=O)[C@H]1CC[C@@H](N(C)C(=O)C(F)(F)F)C1)c1cn(-c2cccnc2)nc1Cl. The highest BCUT2D eigenvalue weighted by Crippen LogP contribution is 2.35. The first kappa shape index (κ1) is 22.1. The lowest BCUT2D eigenvalue weighted by Crippen LogP contribution is -2.44. The molecule has 11 heteroatoms. The van der Waals surface area contributed by atoms with Gasteiger partial charge in [0.15, 0.2) is 5.15 Å². The maximum atomic E-state index is 13.1. The molecule has 2 aromatic rings. The normalized spacial score (nSPS) is 19.0. The fourth-order valence-corrected chi connectivity index (χ4v) is 3.94. The van der Waals surface area contributed by atoms with Crippen LogP contribution in [0.25, 0.3) is 5.69 Å². The Morgan fingerprint density at radius 3 is 2.67 bits per heavy atom. The molecule has 1 fully saturated rings. The molecule has 1 aliphatic carbocycles. The summed E-state index contributed by atoms with van der Waals surface area (Å²) in [5.74, 6) is -2.65. The van der Waals surface area contributed by atoms with Crippen molar-refractivity contribution in [1.29, 1.82) is 0 Å². The molecule has 30 heavy (non-hydrogen) atoms. The van der Waals surface area contributed by atoms with Crippen molar-refractivity contribution in [1.82, 2.24) is 19.7 Å². The Labute approximate surface area is 176 Å². The lowest BCUT2D eigenvalue weighted by atomic mass is 10.1. The number of halogens is 4. The predicted molar refractivity (Wildman–Crippen MR) is 104 cm³/mol. The van der Waals surface area contributed by atoms with Crippen LogP contribution in [0, 0.1) is 5.92 Å². The Balaban J connectivity index is 1.75. The van der Waals surface area contributed by atoms with E-state index in [4.69, 9.17) is 11.6 Å². The number of carbonyl (C=O) groups excluding carboxylic acids is 2. The maximum Gasteiger partial charge on any atom is 0.471 e. The summed E-state index contributed by atoms with van der Waals surface area (Å²) in [6.07, 6.45) is 0.794. The molecule has 2 atom stereocenters. The minimum absolute atomic E-state index is 0.132. The van der Waals surface area contributed by atoms with Crippen molar-refractivity contribution in [3.8, 4) is 5.69 Å². The molecule has 0 radical (unpaired) electrons. The van der Waals surface area contributed by atoms with Crippen LogP contribution < -0.4 is 4.90 Å². The number of rotatable bonds is 5. The molecule has 0 unspecified atom stereocenters. The second kappa shape index (κ2) is 8.63. The van der Waals surface area contributed by atoms with Gasteiger partial charge >= 0.3 is 12.1 Å². The zero-order valence-electron chi connectivity index (χ0n) is 16.4. The summed E-state index contributed by atoms with van der Waals surface area (Å²) in [5.41, 5.74) is 1.08. The molecule has 0 spiro atoms. The average molecular weight is 444 g/mol. The van der Waals surface area contributed by atoms with Crippen molar-refractivity contribution in [3.63, 3.8) is 0 Å². The van der Waals surface area contributed by atoms with Crippen LogP contribution in [0.2, 0.25) is 5.15 Å². The van der Waals surface area contributed by atoms with Gasteiger partial charge in [-0.05, 0) is 38.3 Å². The molecule has 0 aliphatic heterocycles. The molecular formula is C19H21ClF3N5O2. The monoisotopic (exact) mass is 443 g/mol. The van der Waals surface area contributed by atoms with E-state index in [2.05, 4.69) is 10.1 Å². The Morgan fingerprint density at radius 1 is 1.33 bits per heavy atom. The third-order valence-corrected chi connectivity index (χ3v) is 5.57. The van der Waals surface area contributed by atoms with Crippen molar-refractivity contribution in [2.24, 2.45) is 5.92 Å². The average Bonchev–Trinajstić information content (AvgIpc) is 3.35. The highest BCUT2D eigenvalue weighted by atomic mass is 35.5. The minimum atomic E-state index is -4.93. The Kier molecular flexibility index (Phi) is 6.35. The molecular weight excluding hydrogens is 423 g/mol. The second-order valence-corrected chi connectivity index (χ2v) is 7.48. The number of amides is 2. The number of anilines is 1. The molecule has 0 bridgehead atoms. The van der Waals surface area contributed by atoms with E-state index in [1.807, 2.05) is 0 Å². The highest BCUT2D eigenvalue weighted by molar-refractivity contribution is 6.32. The molecule has 2 amide bonds. The number of nitrogens with zero attached hydrogens (tertiary/aromatic N) is 5. The topological polar surface area (TPSA) is 71.3 Å². The molecule has 7 nitrogen and oxygen atoms in total. The van der Waals surface area contributed by atoms with Crippen LogP contribution in [0.4, 0.5) is 18.9 Å². The van der Waals surface area contributed by atoms with Crippen molar-refractivity contribution in [3.05, 3.63) is 35.9 Å². The molecule has 1 aliphatic rings. The summed E-state index contributed by atoms with van der Waals surface area (Å²) in [4.78, 5) is 30.8. The minimum Gasteiger partial charge on any atom is -0.335 e. The first-order valence-electron chi connectivity index (χ1n) is 9.44. The van der Waals surface area contributed by atoms with Gasteiger partial charge in [0.1, 0.15) is 5.69 Å². The third kappa shape index (κ3) is 4.43. The van der Waals surface area contributed by atoms with E-state index >= 15 is 0 Å². The molecule has 0 N–H and O–H groups in total. The number of alkyl halides is 3. The number of carbonyl (C=O) groups is 2. The first-order valence-corrected chi connectivity index (χ1v) is 9.82. The molecule has 3 rings (SSSR count). The molecule has 2 aromatic heterocycles. The van der Waals surface area contributed by atoms with Gasteiger partial charge in [-0.3, -0.25) is 14.6 Å². The molecule has 162 valence electrons. The van der Waals surface area contributed by atoms with Crippen LogP contribution in [0.3, 0.4) is 0 Å². The predicted octanol–water partition coefficient (Wildman–Crippen LogP) is 3.46. The van der Waals surface area contributed by atoms with Crippen molar-refractivity contribution in [2.45, 2.75) is 38.4 Å². The highest BCUT2D eigenvalue weighted by Gasteiger charge is 2.45. The van der Waals surface area contributed by atoms with Crippen LogP contribution in [-0.2, 0) is 9.59 Å². The Hall–Kier alpha value is -2.62. The lowest BCUT2D eigenvalue weighted by molar-refractivity contribution is -0.186. The van der Waals surface area contributed by atoms with Crippen molar-refractivity contribution >= 4 is 29.1 Å². The van der Waals surface area contributed by atoms with Gasteiger partial charge in [0.2, 0.25) is 5.91 Å². The van der Waals surface area contributed by atoms with Crippen LogP contribution in [-0.4, -0.2) is 57.3 Å². The van der Waals surface area contributed by atoms with Gasteiger partial charge < -0.3 is 9.80 Å². The fraction of sp³-hybridized carbons (Fsp3) is 0.474. The van der Waals surface area contributed by atoms with Gasteiger partial charge in [0, 0.05) is 31.7 Å². The van der Waals surface area contributed by atoms with Gasteiger partial charge in [0.05, 0.1) is 18.1 Å². The quantitative estimate of drug-likeness (QED) is 0.709. The van der Waals surface area contributed by atoms with Crippen LogP contribution in [0.15, 0.2) is 30.7 Å². The van der Waals surface area contributed by atoms with Crippen LogP contribution in [0.5, 0.6) is 0 Å². The van der Waals surface area contributed by atoms with E-state index in [-0.39, 0.29) is 17.5 Å². The zero-order chi connectivity index (χ0) is 22.1. The lowest BCUT2D eigenvalue weighted by Gasteiger charge is -2.26. The summed E-state index contributed by atoms with van der Waals surface area (Å²) >= 11 is 6.27. The van der Waals surface area contributed by atoms with Gasteiger partial charge in [0.25, 0.3) is 0 Å². The number of pyridine rings is 1. The Morgan fingerprint density at radius 2 is 2.07 bits per heavy atom. The molecule has 1 saturated carbocycles. The number of aromatic nitrogens is 3. The van der Waals surface area contributed by atoms with E-state index in [0.29, 0.717) is 35.7 Å². The summed E-state index contributed by atoms with van der Waals surface area (Å²) in [7, 11) is 1.12. The van der Waals surface area contributed by atoms with Gasteiger partial charge in [-0.1, -0.05) is 11.6 Å². The first-order chi connectivity index (χ1) is 14.1. The fourth-order valence-electron chi connectivity index (χ4n) is 3.71. The van der Waals surface area contributed by atoms with Gasteiger partial charge in [-0.2, -0.15) is 18.3 Å². The van der Waals surface area contributed by atoms with E-state index in [1.54, 1.807) is 37.6 Å². The van der Waals surface area contributed by atoms with Gasteiger partial charge in [-0.25, -0.2) is 4.68 Å². The van der Waals surface area contributed by atoms with Crippen molar-refractivity contribution < 1.29 is 22.8 Å². The molecule has 0 aromatic carbocycles. The summed E-state index contributed by atoms with van der Waals surface area (Å²) < 4.78 is 39.6. The van der Waals surface area contributed by atoms with Crippen LogP contribution in [0.1, 0.15) is 26.2 Å².